The van der Waals surface area contributed by atoms with Crippen molar-refractivity contribution in [3.05, 3.63) is 29.6 Å². The van der Waals surface area contributed by atoms with E-state index in [1.54, 1.807) is 0 Å². The van der Waals surface area contributed by atoms with E-state index in [2.05, 4.69) is 33.0 Å². The van der Waals surface area contributed by atoms with Crippen LogP contribution in [0, 0.1) is 17.2 Å². The summed E-state index contributed by atoms with van der Waals surface area (Å²) in [6.07, 6.45) is 0. The van der Waals surface area contributed by atoms with Gasteiger partial charge in [0.1, 0.15) is 5.82 Å². The van der Waals surface area contributed by atoms with Crippen LogP contribution in [0.2, 0.25) is 0 Å². The molecule has 0 aliphatic carbocycles. The van der Waals surface area contributed by atoms with Crippen LogP contribution in [0.3, 0.4) is 0 Å². The molecule has 4 heteroatoms. The summed E-state index contributed by atoms with van der Waals surface area (Å²) in [5.41, 5.74) is 5.62. The molecular formula is C14H21FN2O. The standard InChI is InChI=1S/C14H21FN2O/c1-9(2)14(3,4)8-17-13(18)10-6-5-7-11(15)12(10)16/h5-7,9H,8,16H2,1-4H3,(H,17,18). The highest BCUT2D eigenvalue weighted by atomic mass is 19.1. The minimum Gasteiger partial charge on any atom is -0.396 e. The third-order valence-corrected chi connectivity index (χ3v) is 3.57. The summed E-state index contributed by atoms with van der Waals surface area (Å²) in [4.78, 5) is 11.9. The lowest BCUT2D eigenvalue weighted by Gasteiger charge is -2.29. The summed E-state index contributed by atoms with van der Waals surface area (Å²) < 4.78 is 13.2. The fraction of sp³-hybridized carbons (Fsp3) is 0.500. The minimum atomic E-state index is -0.564. The fourth-order valence-electron chi connectivity index (χ4n) is 1.34. The lowest BCUT2D eigenvalue weighted by molar-refractivity contribution is 0.0925. The van der Waals surface area contributed by atoms with Gasteiger partial charge < -0.3 is 11.1 Å². The van der Waals surface area contributed by atoms with Crippen molar-refractivity contribution in [3.63, 3.8) is 0 Å². The van der Waals surface area contributed by atoms with E-state index in [1.807, 2.05) is 0 Å². The number of para-hydroxylation sites is 1. The van der Waals surface area contributed by atoms with E-state index < -0.39 is 5.82 Å². The zero-order valence-corrected chi connectivity index (χ0v) is 11.4. The lowest BCUT2D eigenvalue weighted by atomic mass is 9.81. The summed E-state index contributed by atoms with van der Waals surface area (Å²) in [6.45, 7) is 8.88. The van der Waals surface area contributed by atoms with Crippen molar-refractivity contribution in [1.82, 2.24) is 5.32 Å². The molecule has 0 aliphatic heterocycles. The Kier molecular flexibility index (Phi) is 4.33. The van der Waals surface area contributed by atoms with Gasteiger partial charge in [-0.25, -0.2) is 4.39 Å². The van der Waals surface area contributed by atoms with Gasteiger partial charge in [0.25, 0.3) is 5.91 Å². The molecule has 0 bridgehead atoms. The number of nitrogens with one attached hydrogen (secondary N) is 1. The Bertz CT molecular complexity index is 441. The molecule has 0 aromatic heterocycles. The Morgan fingerprint density at radius 2 is 2.06 bits per heavy atom. The minimum absolute atomic E-state index is 0.0161. The molecule has 0 saturated heterocycles. The Morgan fingerprint density at radius 1 is 1.44 bits per heavy atom. The zero-order valence-electron chi connectivity index (χ0n) is 11.4. The smallest absolute Gasteiger partial charge is 0.253 e. The first kappa shape index (κ1) is 14.5. The molecule has 3 N–H and O–H groups in total. The monoisotopic (exact) mass is 252 g/mol. The average molecular weight is 252 g/mol. The Morgan fingerprint density at radius 3 is 2.61 bits per heavy atom. The molecule has 18 heavy (non-hydrogen) atoms. The summed E-state index contributed by atoms with van der Waals surface area (Å²) >= 11 is 0. The SMILES string of the molecule is CC(C)C(C)(C)CNC(=O)c1cccc(F)c1N. The van der Waals surface area contributed by atoms with Crippen molar-refractivity contribution in [2.45, 2.75) is 27.7 Å². The number of benzene rings is 1. The number of anilines is 1. The van der Waals surface area contributed by atoms with E-state index >= 15 is 0 Å². The number of rotatable bonds is 4. The van der Waals surface area contributed by atoms with E-state index in [9.17, 15) is 9.18 Å². The Hall–Kier alpha value is -1.58. The largest absolute Gasteiger partial charge is 0.396 e. The van der Waals surface area contributed by atoms with Crippen LogP contribution in [0.5, 0.6) is 0 Å². The van der Waals surface area contributed by atoms with Crippen LogP contribution in [0.1, 0.15) is 38.1 Å². The average Bonchev–Trinajstić information content (AvgIpc) is 2.29. The van der Waals surface area contributed by atoms with Gasteiger partial charge in [0, 0.05) is 6.54 Å². The summed E-state index contributed by atoms with van der Waals surface area (Å²) in [5.74, 6) is -0.464. The summed E-state index contributed by atoms with van der Waals surface area (Å²) in [6, 6.07) is 4.24. The number of carbonyl (C=O) groups excluding carboxylic acids is 1. The molecule has 0 unspecified atom stereocenters. The van der Waals surface area contributed by atoms with Crippen molar-refractivity contribution in [2.75, 3.05) is 12.3 Å². The second-order valence-electron chi connectivity index (χ2n) is 5.53. The Balaban J connectivity index is 2.75. The molecule has 1 amide bonds. The highest BCUT2D eigenvalue weighted by Gasteiger charge is 2.23. The summed E-state index contributed by atoms with van der Waals surface area (Å²) in [5, 5.41) is 2.80. The molecule has 100 valence electrons. The van der Waals surface area contributed by atoms with E-state index in [1.165, 1.54) is 18.2 Å². The van der Waals surface area contributed by atoms with E-state index in [0.717, 1.165) is 0 Å². The zero-order chi connectivity index (χ0) is 13.9. The maximum Gasteiger partial charge on any atom is 0.253 e. The molecule has 0 aliphatic rings. The lowest BCUT2D eigenvalue weighted by Crippen LogP contribution is -2.37. The third kappa shape index (κ3) is 3.22. The highest BCUT2D eigenvalue weighted by Crippen LogP contribution is 2.25. The maximum atomic E-state index is 13.2. The van der Waals surface area contributed by atoms with Gasteiger partial charge in [-0.2, -0.15) is 0 Å². The summed E-state index contributed by atoms with van der Waals surface area (Å²) in [7, 11) is 0. The van der Waals surface area contributed by atoms with Gasteiger partial charge in [0.15, 0.2) is 0 Å². The first-order valence-electron chi connectivity index (χ1n) is 6.08. The number of nitrogens with two attached hydrogens (primary N) is 1. The molecule has 0 fully saturated rings. The van der Waals surface area contributed by atoms with Crippen LogP contribution < -0.4 is 11.1 Å². The van der Waals surface area contributed by atoms with Gasteiger partial charge in [-0.15, -0.1) is 0 Å². The van der Waals surface area contributed by atoms with Crippen LogP contribution in [-0.2, 0) is 0 Å². The number of halogens is 1. The topological polar surface area (TPSA) is 55.1 Å². The molecule has 1 rings (SSSR count). The normalized spacial score (nSPS) is 11.7. The predicted octanol–water partition coefficient (Wildman–Crippen LogP) is 2.82. The molecule has 1 aromatic carbocycles. The van der Waals surface area contributed by atoms with Gasteiger partial charge in [-0.1, -0.05) is 33.8 Å². The number of hydrogen-bond acceptors (Lipinski definition) is 2. The molecule has 0 heterocycles. The second kappa shape index (κ2) is 5.38. The highest BCUT2D eigenvalue weighted by molar-refractivity contribution is 5.99. The van der Waals surface area contributed by atoms with Crippen molar-refractivity contribution >= 4 is 11.6 Å². The molecule has 0 spiro atoms. The number of nitrogen functional groups attached to an aromatic ring is 1. The molecule has 0 radical (unpaired) electrons. The van der Waals surface area contributed by atoms with Crippen molar-refractivity contribution in [3.8, 4) is 0 Å². The molecule has 0 atom stereocenters. The molecule has 1 aromatic rings. The fourth-order valence-corrected chi connectivity index (χ4v) is 1.34. The van der Waals surface area contributed by atoms with Crippen LogP contribution in [-0.4, -0.2) is 12.5 Å². The van der Waals surface area contributed by atoms with Crippen LogP contribution in [0.25, 0.3) is 0 Å². The van der Waals surface area contributed by atoms with Gasteiger partial charge in [-0.05, 0) is 23.5 Å². The number of carbonyl (C=O) groups is 1. The van der Waals surface area contributed by atoms with Crippen LogP contribution in [0.15, 0.2) is 18.2 Å². The second-order valence-corrected chi connectivity index (χ2v) is 5.53. The quantitative estimate of drug-likeness (QED) is 0.810. The van der Waals surface area contributed by atoms with Gasteiger partial charge >= 0.3 is 0 Å². The molecular weight excluding hydrogens is 231 g/mol. The van der Waals surface area contributed by atoms with E-state index in [4.69, 9.17) is 5.73 Å². The molecule has 0 saturated carbocycles. The van der Waals surface area contributed by atoms with Gasteiger partial charge in [-0.3, -0.25) is 4.79 Å². The van der Waals surface area contributed by atoms with Crippen molar-refractivity contribution in [2.24, 2.45) is 11.3 Å². The van der Waals surface area contributed by atoms with Crippen molar-refractivity contribution in [1.29, 1.82) is 0 Å². The van der Waals surface area contributed by atoms with Crippen molar-refractivity contribution < 1.29 is 9.18 Å². The maximum absolute atomic E-state index is 13.2. The van der Waals surface area contributed by atoms with Gasteiger partial charge in [0.05, 0.1) is 11.3 Å². The first-order valence-corrected chi connectivity index (χ1v) is 6.08. The van der Waals surface area contributed by atoms with Crippen LogP contribution >= 0.6 is 0 Å². The number of hydrogen-bond donors (Lipinski definition) is 2. The first-order chi connectivity index (χ1) is 8.25. The van der Waals surface area contributed by atoms with Crippen LogP contribution in [0.4, 0.5) is 10.1 Å². The molecule has 3 nitrogen and oxygen atoms in total. The third-order valence-electron chi connectivity index (χ3n) is 3.57. The van der Waals surface area contributed by atoms with E-state index in [-0.39, 0.29) is 22.6 Å². The predicted molar refractivity (Wildman–Crippen MR) is 71.8 cm³/mol. The van der Waals surface area contributed by atoms with Gasteiger partial charge in [0.2, 0.25) is 0 Å². The van der Waals surface area contributed by atoms with E-state index in [0.29, 0.717) is 12.5 Å². The Labute approximate surface area is 108 Å². The number of amides is 1.